The van der Waals surface area contributed by atoms with Gasteiger partial charge in [-0.3, -0.25) is 0 Å². The maximum absolute atomic E-state index is 6.23. The summed E-state index contributed by atoms with van der Waals surface area (Å²) in [7, 11) is 0. The quantitative estimate of drug-likeness (QED) is 0.283. The van der Waals surface area contributed by atoms with Gasteiger partial charge in [0.25, 0.3) is 0 Å². The number of hydrogen-bond donors (Lipinski definition) is 0. The number of imidazole rings is 1. The van der Waals surface area contributed by atoms with E-state index in [1.54, 1.807) is 0 Å². The van der Waals surface area contributed by atoms with Crippen LogP contribution >= 0.6 is 11.6 Å². The number of hydrogen-bond acceptors (Lipinski definition) is 5. The van der Waals surface area contributed by atoms with Crippen molar-refractivity contribution in [1.29, 1.82) is 0 Å². The van der Waals surface area contributed by atoms with Crippen molar-refractivity contribution >= 4 is 22.8 Å². The molecule has 0 spiro atoms. The Morgan fingerprint density at radius 3 is 2.82 bits per heavy atom. The second-order valence-electron chi connectivity index (χ2n) is 7.30. The van der Waals surface area contributed by atoms with Gasteiger partial charge in [-0.05, 0) is 25.3 Å². The molecule has 148 valence electrons. The van der Waals surface area contributed by atoms with Gasteiger partial charge in [0.1, 0.15) is 11.8 Å². The van der Waals surface area contributed by atoms with Crippen LogP contribution in [0.2, 0.25) is 5.15 Å². The van der Waals surface area contributed by atoms with Crippen LogP contribution in [0.3, 0.4) is 0 Å². The Balaban J connectivity index is 1.49. The van der Waals surface area contributed by atoms with Crippen LogP contribution in [-0.4, -0.2) is 38.3 Å². The van der Waals surface area contributed by atoms with Gasteiger partial charge in [-0.1, -0.05) is 54.8 Å². The minimum Gasteiger partial charge on any atom is -0.373 e. The van der Waals surface area contributed by atoms with Crippen molar-refractivity contribution in [3.05, 3.63) is 53.7 Å². The van der Waals surface area contributed by atoms with Crippen LogP contribution in [0.4, 0.5) is 0 Å². The molecule has 1 aromatic carbocycles. The zero-order valence-corrected chi connectivity index (χ0v) is 16.8. The number of unbranched alkanes of at least 4 members (excludes halogenated alkanes) is 1. The van der Waals surface area contributed by atoms with Gasteiger partial charge in [0, 0.05) is 0 Å². The Bertz CT molecular complexity index is 898. The largest absolute Gasteiger partial charge is 0.373 e. The topological polar surface area (TPSA) is 65.4 Å². The molecule has 1 aliphatic heterocycles. The SMILES string of the molecule is C[C@H](OCc1ccccc1)[C@@H](CCCCC1CO1)n1cnc2c(Cl)ncnc21. The fourth-order valence-corrected chi connectivity index (χ4v) is 3.72. The Kier molecular flexibility index (Phi) is 6.20. The summed E-state index contributed by atoms with van der Waals surface area (Å²) in [4.78, 5) is 12.9. The van der Waals surface area contributed by atoms with E-state index in [0.717, 1.165) is 37.9 Å². The van der Waals surface area contributed by atoms with Gasteiger partial charge in [0.15, 0.2) is 10.8 Å². The highest BCUT2D eigenvalue weighted by Crippen LogP contribution is 2.29. The Labute approximate surface area is 169 Å². The monoisotopic (exact) mass is 400 g/mol. The van der Waals surface area contributed by atoms with E-state index >= 15 is 0 Å². The van der Waals surface area contributed by atoms with E-state index in [4.69, 9.17) is 21.1 Å². The summed E-state index contributed by atoms with van der Waals surface area (Å²) < 4.78 is 13.6. The number of epoxide rings is 1. The molecule has 1 unspecified atom stereocenters. The minimum atomic E-state index is 0.00326. The fourth-order valence-electron chi connectivity index (χ4n) is 3.54. The molecule has 0 radical (unpaired) electrons. The van der Waals surface area contributed by atoms with Crippen molar-refractivity contribution in [3.63, 3.8) is 0 Å². The van der Waals surface area contributed by atoms with Gasteiger partial charge in [0.2, 0.25) is 0 Å². The van der Waals surface area contributed by atoms with E-state index in [-0.39, 0.29) is 12.1 Å². The summed E-state index contributed by atoms with van der Waals surface area (Å²) in [6, 6.07) is 10.4. The van der Waals surface area contributed by atoms with Crippen molar-refractivity contribution < 1.29 is 9.47 Å². The van der Waals surface area contributed by atoms with Crippen molar-refractivity contribution in [2.24, 2.45) is 0 Å². The average molecular weight is 401 g/mol. The molecule has 0 amide bonds. The minimum absolute atomic E-state index is 0.00326. The molecule has 4 rings (SSSR count). The Morgan fingerprint density at radius 1 is 1.21 bits per heavy atom. The molecule has 3 heterocycles. The van der Waals surface area contributed by atoms with Crippen LogP contribution in [0.15, 0.2) is 43.0 Å². The zero-order valence-electron chi connectivity index (χ0n) is 16.0. The molecular formula is C21H25ClN4O2. The lowest BCUT2D eigenvalue weighted by molar-refractivity contribution is 0.0150. The van der Waals surface area contributed by atoms with Gasteiger partial charge in [-0.15, -0.1) is 0 Å². The third kappa shape index (κ3) is 4.69. The molecule has 1 saturated heterocycles. The van der Waals surface area contributed by atoms with Gasteiger partial charge in [0.05, 0.1) is 37.8 Å². The van der Waals surface area contributed by atoms with Crippen LogP contribution < -0.4 is 0 Å². The molecule has 0 saturated carbocycles. The lowest BCUT2D eigenvalue weighted by Crippen LogP contribution is -2.24. The van der Waals surface area contributed by atoms with Crippen molar-refractivity contribution in [1.82, 2.24) is 19.5 Å². The van der Waals surface area contributed by atoms with Gasteiger partial charge in [-0.2, -0.15) is 0 Å². The number of fused-ring (bicyclic) bond motifs is 1. The second-order valence-corrected chi connectivity index (χ2v) is 7.66. The number of aromatic nitrogens is 4. The molecule has 28 heavy (non-hydrogen) atoms. The maximum atomic E-state index is 6.23. The molecule has 1 fully saturated rings. The summed E-state index contributed by atoms with van der Waals surface area (Å²) in [5, 5.41) is 0.381. The van der Waals surface area contributed by atoms with Crippen LogP contribution in [0.5, 0.6) is 0 Å². The predicted octanol–water partition coefficient (Wildman–Crippen LogP) is 4.59. The van der Waals surface area contributed by atoms with Crippen LogP contribution in [0, 0.1) is 0 Å². The number of ether oxygens (including phenoxy) is 2. The molecule has 3 atom stereocenters. The van der Waals surface area contributed by atoms with E-state index in [1.165, 1.54) is 11.9 Å². The Morgan fingerprint density at radius 2 is 2.04 bits per heavy atom. The van der Waals surface area contributed by atoms with Crippen molar-refractivity contribution in [3.8, 4) is 0 Å². The van der Waals surface area contributed by atoms with Crippen molar-refractivity contribution in [2.45, 2.75) is 57.5 Å². The molecule has 0 bridgehead atoms. The van der Waals surface area contributed by atoms with E-state index < -0.39 is 0 Å². The summed E-state index contributed by atoms with van der Waals surface area (Å²) in [6.45, 7) is 3.62. The van der Waals surface area contributed by atoms with Gasteiger partial charge < -0.3 is 14.0 Å². The van der Waals surface area contributed by atoms with E-state index in [2.05, 4.69) is 38.6 Å². The Hall–Kier alpha value is -2.02. The molecule has 0 aliphatic carbocycles. The number of benzene rings is 1. The summed E-state index contributed by atoms with van der Waals surface area (Å²) in [5.41, 5.74) is 2.56. The normalized spacial score (nSPS) is 18.3. The first-order valence-corrected chi connectivity index (χ1v) is 10.2. The van der Waals surface area contributed by atoms with E-state index in [1.807, 2.05) is 24.5 Å². The standard InChI is InChI=1S/C21H25ClN4O2/c1-15(27-11-16-7-3-2-4-8-16)18(10-6-5-9-17-12-28-17)26-14-25-19-20(22)23-13-24-21(19)26/h2-4,7-8,13-15,17-18H,5-6,9-12H2,1H3/t15-,17?,18+/m0/s1. The maximum Gasteiger partial charge on any atom is 0.165 e. The lowest BCUT2D eigenvalue weighted by atomic mass is 10.0. The number of halogens is 1. The highest BCUT2D eigenvalue weighted by Gasteiger charge is 2.25. The number of nitrogens with zero attached hydrogens (tertiary/aromatic N) is 4. The lowest BCUT2D eigenvalue weighted by Gasteiger charge is -2.26. The predicted molar refractivity (Wildman–Crippen MR) is 108 cm³/mol. The molecule has 3 aromatic rings. The first-order valence-electron chi connectivity index (χ1n) is 9.82. The number of rotatable bonds is 10. The van der Waals surface area contributed by atoms with E-state index in [9.17, 15) is 0 Å². The second kappa shape index (κ2) is 8.99. The molecule has 2 aromatic heterocycles. The smallest absolute Gasteiger partial charge is 0.165 e. The molecule has 7 heteroatoms. The van der Waals surface area contributed by atoms with Crippen LogP contribution in [0.1, 0.15) is 44.2 Å². The first-order chi connectivity index (χ1) is 13.7. The summed E-state index contributed by atoms with van der Waals surface area (Å²) >= 11 is 6.19. The highest BCUT2D eigenvalue weighted by atomic mass is 35.5. The molecule has 0 N–H and O–H groups in total. The summed E-state index contributed by atoms with van der Waals surface area (Å²) in [5.74, 6) is 0. The third-order valence-corrected chi connectivity index (χ3v) is 5.52. The van der Waals surface area contributed by atoms with E-state index in [0.29, 0.717) is 23.4 Å². The molecular weight excluding hydrogens is 376 g/mol. The third-order valence-electron chi connectivity index (χ3n) is 5.25. The van der Waals surface area contributed by atoms with Crippen LogP contribution in [0.25, 0.3) is 11.2 Å². The average Bonchev–Trinajstić information content (AvgIpc) is 3.45. The van der Waals surface area contributed by atoms with Gasteiger partial charge in [-0.25, -0.2) is 15.0 Å². The molecule has 6 nitrogen and oxygen atoms in total. The summed E-state index contributed by atoms with van der Waals surface area (Å²) in [6.07, 6.45) is 8.13. The van der Waals surface area contributed by atoms with Crippen molar-refractivity contribution in [2.75, 3.05) is 6.61 Å². The zero-order chi connectivity index (χ0) is 19.3. The van der Waals surface area contributed by atoms with Crippen LogP contribution in [-0.2, 0) is 16.1 Å². The fraction of sp³-hybridized carbons (Fsp3) is 0.476. The highest BCUT2D eigenvalue weighted by molar-refractivity contribution is 6.33. The molecule has 1 aliphatic rings. The first kappa shape index (κ1) is 19.3. The van der Waals surface area contributed by atoms with Gasteiger partial charge >= 0.3 is 0 Å².